The minimum Gasteiger partial charge on any atom is -0.309 e. The van der Waals surface area contributed by atoms with E-state index in [4.69, 9.17) is 0 Å². The molecule has 0 saturated carbocycles. The smallest absolute Gasteiger partial charge is 0.0547 e. The second kappa shape index (κ2) is 10.4. The third kappa shape index (κ3) is 4.04. The van der Waals surface area contributed by atoms with E-state index in [-0.39, 0.29) is 0 Å². The number of fused-ring (bicyclic) bond motifs is 12. The van der Waals surface area contributed by atoms with Gasteiger partial charge in [0.05, 0.1) is 11.4 Å². The molecule has 11 aromatic rings. The van der Waals surface area contributed by atoms with Crippen molar-refractivity contribution in [2.45, 2.75) is 0 Å². The molecular formula is C46H27NS2. The largest absolute Gasteiger partial charge is 0.309 e. The molecule has 0 atom stereocenters. The van der Waals surface area contributed by atoms with Gasteiger partial charge in [0.2, 0.25) is 0 Å². The van der Waals surface area contributed by atoms with Crippen LogP contribution >= 0.6 is 22.7 Å². The SMILES string of the molecule is c1ccc2cc3c(cc2c1)sc1c2ccccc2c(N(c2ccc4sc5c6ccccc6ccc5c4c2)c2cccc4ccccc24)cc31. The van der Waals surface area contributed by atoms with Gasteiger partial charge in [-0.05, 0) is 69.4 Å². The lowest BCUT2D eigenvalue weighted by molar-refractivity contribution is 1.33. The zero-order valence-corrected chi connectivity index (χ0v) is 28.0. The fraction of sp³-hybridized carbons (Fsp3) is 0. The van der Waals surface area contributed by atoms with E-state index < -0.39 is 0 Å². The van der Waals surface area contributed by atoms with Gasteiger partial charge >= 0.3 is 0 Å². The van der Waals surface area contributed by atoms with E-state index >= 15 is 0 Å². The average Bonchev–Trinajstić information content (AvgIpc) is 3.72. The summed E-state index contributed by atoms with van der Waals surface area (Å²) in [7, 11) is 0. The standard InChI is InChI=1S/C46H27NS2/c1-2-13-31-25-44-38(24-30(31)12-1)40-27-42(35-17-7-8-18-36(35)46(40)49-44)47(41-19-9-14-28-10-3-5-15-33(28)41)32-21-23-43-39(26-32)37-22-20-29-11-4-6-16-34(29)45(37)48-43/h1-27H. The van der Waals surface area contributed by atoms with Crippen molar-refractivity contribution in [3.63, 3.8) is 0 Å². The molecule has 1 nitrogen and oxygen atoms in total. The fourth-order valence-electron chi connectivity index (χ4n) is 7.89. The lowest BCUT2D eigenvalue weighted by Crippen LogP contribution is -2.11. The first-order chi connectivity index (χ1) is 24.3. The normalized spacial score (nSPS) is 12.1. The summed E-state index contributed by atoms with van der Waals surface area (Å²) in [6.45, 7) is 0. The van der Waals surface area contributed by atoms with Gasteiger partial charge in [0, 0.05) is 62.2 Å². The van der Waals surface area contributed by atoms with E-state index in [9.17, 15) is 0 Å². The Labute approximate surface area is 290 Å². The Morgan fingerprint density at radius 2 is 0.898 bits per heavy atom. The Morgan fingerprint density at radius 3 is 1.73 bits per heavy atom. The minimum absolute atomic E-state index is 1.16. The van der Waals surface area contributed by atoms with Crippen molar-refractivity contribution >= 4 is 123 Å². The molecule has 0 aliphatic carbocycles. The zero-order valence-electron chi connectivity index (χ0n) is 26.4. The molecule has 0 saturated heterocycles. The highest BCUT2D eigenvalue weighted by molar-refractivity contribution is 7.27. The van der Waals surface area contributed by atoms with Crippen LogP contribution in [0.3, 0.4) is 0 Å². The summed E-state index contributed by atoms with van der Waals surface area (Å²) in [5, 5.41) is 15.4. The molecule has 0 aliphatic rings. The Morgan fingerprint density at radius 1 is 0.306 bits per heavy atom. The van der Waals surface area contributed by atoms with Crippen LogP contribution in [0.5, 0.6) is 0 Å². The lowest BCUT2D eigenvalue weighted by atomic mass is 9.99. The molecule has 0 radical (unpaired) electrons. The molecule has 9 aromatic carbocycles. The van der Waals surface area contributed by atoms with Gasteiger partial charge in [-0.1, -0.05) is 121 Å². The first-order valence-corrected chi connectivity index (χ1v) is 18.3. The number of benzene rings is 9. The number of rotatable bonds is 3. The number of anilines is 3. The predicted molar refractivity (Wildman–Crippen MR) is 217 cm³/mol. The van der Waals surface area contributed by atoms with Crippen LogP contribution < -0.4 is 4.90 Å². The quantitative estimate of drug-likeness (QED) is 0.183. The van der Waals surface area contributed by atoms with Crippen LogP contribution in [0.15, 0.2) is 164 Å². The van der Waals surface area contributed by atoms with Crippen molar-refractivity contribution in [2.75, 3.05) is 4.90 Å². The summed E-state index contributed by atoms with van der Waals surface area (Å²) in [5.41, 5.74) is 3.53. The third-order valence-electron chi connectivity index (χ3n) is 10.2. The molecule has 228 valence electrons. The first-order valence-electron chi connectivity index (χ1n) is 16.7. The van der Waals surface area contributed by atoms with Crippen LogP contribution in [0.4, 0.5) is 17.1 Å². The van der Waals surface area contributed by atoms with Crippen LogP contribution in [-0.4, -0.2) is 0 Å². The van der Waals surface area contributed by atoms with Crippen LogP contribution in [0, 0.1) is 0 Å². The molecule has 2 heterocycles. The summed E-state index contributed by atoms with van der Waals surface area (Å²) in [4.78, 5) is 2.51. The third-order valence-corrected chi connectivity index (χ3v) is 12.6. The number of nitrogens with zero attached hydrogens (tertiary/aromatic N) is 1. The van der Waals surface area contributed by atoms with Gasteiger partial charge in [-0.2, -0.15) is 0 Å². The molecule has 0 bridgehead atoms. The molecule has 2 aromatic heterocycles. The Balaban J connectivity index is 1.26. The molecule has 0 unspecified atom stereocenters. The van der Waals surface area contributed by atoms with Crippen LogP contribution in [0.25, 0.3) is 83.4 Å². The van der Waals surface area contributed by atoms with E-state index in [1.54, 1.807) is 0 Å². The van der Waals surface area contributed by atoms with Crippen LogP contribution in [0.1, 0.15) is 0 Å². The molecule has 0 aliphatic heterocycles. The van der Waals surface area contributed by atoms with Gasteiger partial charge in [0.1, 0.15) is 0 Å². The van der Waals surface area contributed by atoms with E-state index in [1.807, 2.05) is 22.7 Å². The van der Waals surface area contributed by atoms with Crippen LogP contribution in [0.2, 0.25) is 0 Å². The molecule has 0 fully saturated rings. The topological polar surface area (TPSA) is 3.24 Å². The number of hydrogen-bond acceptors (Lipinski definition) is 3. The maximum absolute atomic E-state index is 2.51. The number of thiophene rings is 2. The molecular weight excluding hydrogens is 631 g/mol. The summed E-state index contributed by atoms with van der Waals surface area (Å²) >= 11 is 3.81. The van der Waals surface area contributed by atoms with Gasteiger partial charge in [-0.25, -0.2) is 0 Å². The van der Waals surface area contributed by atoms with Gasteiger partial charge in [0.25, 0.3) is 0 Å². The summed E-state index contributed by atoms with van der Waals surface area (Å²) in [6, 6.07) is 60.8. The Kier molecular flexibility index (Phi) is 5.77. The maximum Gasteiger partial charge on any atom is 0.0547 e. The molecule has 11 rings (SSSR count). The van der Waals surface area contributed by atoms with Gasteiger partial charge in [-0.15, -0.1) is 22.7 Å². The van der Waals surface area contributed by atoms with Crippen molar-refractivity contribution in [2.24, 2.45) is 0 Å². The summed E-state index contributed by atoms with van der Waals surface area (Å²) in [6.07, 6.45) is 0. The predicted octanol–water partition coefficient (Wildman–Crippen LogP) is 14.5. The Hall–Kier alpha value is -5.74. The average molecular weight is 658 g/mol. The second-order valence-electron chi connectivity index (χ2n) is 12.9. The highest BCUT2D eigenvalue weighted by Crippen LogP contribution is 2.49. The van der Waals surface area contributed by atoms with E-state index in [0.29, 0.717) is 0 Å². The summed E-state index contributed by atoms with van der Waals surface area (Å²) in [5.74, 6) is 0. The van der Waals surface area contributed by atoms with Crippen LogP contribution in [-0.2, 0) is 0 Å². The van der Waals surface area contributed by atoms with Crippen molar-refractivity contribution in [3.8, 4) is 0 Å². The fourth-order valence-corrected chi connectivity index (χ4v) is 10.4. The number of hydrogen-bond donors (Lipinski definition) is 0. The van der Waals surface area contributed by atoms with Crippen molar-refractivity contribution in [1.82, 2.24) is 0 Å². The molecule has 0 amide bonds. The molecule has 49 heavy (non-hydrogen) atoms. The zero-order chi connectivity index (χ0) is 32.1. The van der Waals surface area contributed by atoms with E-state index in [1.165, 1.54) is 94.8 Å². The Bertz CT molecular complexity index is 3120. The monoisotopic (exact) mass is 657 g/mol. The summed E-state index contributed by atoms with van der Waals surface area (Å²) < 4.78 is 5.33. The highest BCUT2D eigenvalue weighted by atomic mass is 32.1. The van der Waals surface area contributed by atoms with Crippen molar-refractivity contribution in [3.05, 3.63) is 164 Å². The van der Waals surface area contributed by atoms with Gasteiger partial charge in [-0.3, -0.25) is 0 Å². The maximum atomic E-state index is 2.51. The molecule has 0 N–H and O–H groups in total. The first kappa shape index (κ1) is 27.2. The highest BCUT2D eigenvalue weighted by Gasteiger charge is 2.22. The minimum atomic E-state index is 1.16. The second-order valence-corrected chi connectivity index (χ2v) is 15.0. The van der Waals surface area contributed by atoms with Gasteiger partial charge in [0.15, 0.2) is 0 Å². The lowest BCUT2D eigenvalue weighted by Gasteiger charge is -2.28. The van der Waals surface area contributed by atoms with Crippen molar-refractivity contribution in [1.29, 1.82) is 0 Å². The van der Waals surface area contributed by atoms with E-state index in [0.717, 1.165) is 5.69 Å². The van der Waals surface area contributed by atoms with Crippen molar-refractivity contribution < 1.29 is 0 Å². The van der Waals surface area contributed by atoms with Gasteiger partial charge < -0.3 is 4.90 Å². The molecule has 0 spiro atoms. The molecule has 3 heteroatoms. The van der Waals surface area contributed by atoms with E-state index in [2.05, 4.69) is 169 Å².